The molecule has 0 aromatic rings. The second-order valence-electron chi connectivity index (χ2n) is 7.62. The predicted molar refractivity (Wildman–Crippen MR) is 94.2 cm³/mol. The Kier molecular flexibility index (Phi) is 7.82. The number of rotatable bonds is 8. The second kappa shape index (κ2) is 8.84. The zero-order chi connectivity index (χ0) is 15.9. The molecule has 1 aliphatic rings. The van der Waals surface area contributed by atoms with Gasteiger partial charge >= 0.3 is 0 Å². The fourth-order valence-electron chi connectivity index (χ4n) is 4.39. The molecule has 0 bridgehead atoms. The Bertz CT molecular complexity index is 349. The summed E-state index contributed by atoms with van der Waals surface area (Å²) in [5.41, 5.74) is 0.405. The summed E-state index contributed by atoms with van der Waals surface area (Å²) in [5.74, 6) is 9.36. The van der Waals surface area contributed by atoms with Gasteiger partial charge in [0.15, 0.2) is 0 Å². The molecule has 1 fully saturated rings. The van der Waals surface area contributed by atoms with Gasteiger partial charge in [0.25, 0.3) is 0 Å². The molecule has 1 heteroatoms. The number of hydrogen-bond acceptors (Lipinski definition) is 1. The van der Waals surface area contributed by atoms with E-state index >= 15 is 0 Å². The third-order valence-corrected chi connectivity index (χ3v) is 5.45. The van der Waals surface area contributed by atoms with E-state index in [1.807, 2.05) is 6.92 Å². The van der Waals surface area contributed by atoms with Crippen LogP contribution < -0.4 is 5.32 Å². The minimum absolute atomic E-state index is 0.405. The first-order valence-electron chi connectivity index (χ1n) is 9.12. The summed E-state index contributed by atoms with van der Waals surface area (Å²) in [6, 6.07) is 0. The molecule has 0 saturated heterocycles. The number of unbranched alkanes of at least 4 members (excludes halogenated alkanes) is 1. The molecule has 1 aliphatic carbocycles. The smallest absolute Gasteiger partial charge is 0.0212 e. The Balaban J connectivity index is 2.41. The maximum absolute atomic E-state index is 3.98. The molecule has 0 spiro atoms. The number of hydrogen-bond donors (Lipinski definition) is 1. The predicted octanol–water partition coefficient (Wildman–Crippen LogP) is 5.26. The van der Waals surface area contributed by atoms with Gasteiger partial charge in [-0.3, -0.25) is 0 Å². The standard InChI is InChI=1S/C20H37N/c1-7-11-17(5)12-9-10-13-21-20(8-2)15-18(6)14-19(20)16(3)4/h16-19,21H,8-10,12-15H2,1-6H3. The van der Waals surface area contributed by atoms with Crippen molar-refractivity contribution in [2.24, 2.45) is 23.7 Å². The Morgan fingerprint density at radius 1 is 1.24 bits per heavy atom. The summed E-state index contributed by atoms with van der Waals surface area (Å²) in [6.45, 7) is 15.0. The van der Waals surface area contributed by atoms with Crippen LogP contribution in [0.5, 0.6) is 0 Å². The maximum atomic E-state index is 3.98. The summed E-state index contributed by atoms with van der Waals surface area (Å²) < 4.78 is 0. The van der Waals surface area contributed by atoms with Gasteiger partial charge in [0, 0.05) is 11.5 Å². The molecule has 0 heterocycles. The monoisotopic (exact) mass is 291 g/mol. The molecular formula is C20H37N. The molecule has 0 aliphatic heterocycles. The molecular weight excluding hydrogens is 254 g/mol. The largest absolute Gasteiger partial charge is 0.311 e. The molecule has 1 rings (SSSR count). The van der Waals surface area contributed by atoms with E-state index in [1.54, 1.807) is 0 Å². The SMILES string of the molecule is CC#CC(C)CCCCNC1(CC)CC(C)CC1C(C)C. The Labute approximate surface area is 133 Å². The van der Waals surface area contributed by atoms with E-state index in [0.29, 0.717) is 11.5 Å². The highest BCUT2D eigenvalue weighted by atomic mass is 15.0. The molecule has 21 heavy (non-hydrogen) atoms. The molecule has 1 saturated carbocycles. The molecule has 0 radical (unpaired) electrons. The van der Waals surface area contributed by atoms with E-state index < -0.39 is 0 Å². The Morgan fingerprint density at radius 3 is 2.52 bits per heavy atom. The lowest BCUT2D eigenvalue weighted by atomic mass is 9.77. The van der Waals surface area contributed by atoms with Gasteiger partial charge in [0.1, 0.15) is 0 Å². The number of nitrogens with one attached hydrogen (secondary N) is 1. The van der Waals surface area contributed by atoms with Crippen molar-refractivity contribution in [3.05, 3.63) is 0 Å². The third kappa shape index (κ3) is 5.33. The lowest BCUT2D eigenvalue weighted by molar-refractivity contribution is 0.185. The van der Waals surface area contributed by atoms with Crippen LogP contribution in [0.1, 0.15) is 80.1 Å². The highest BCUT2D eigenvalue weighted by molar-refractivity contribution is 5.02. The maximum Gasteiger partial charge on any atom is 0.0212 e. The highest BCUT2D eigenvalue weighted by Crippen LogP contribution is 2.45. The molecule has 1 N–H and O–H groups in total. The van der Waals surface area contributed by atoms with Crippen molar-refractivity contribution in [3.8, 4) is 11.8 Å². The average Bonchev–Trinajstić information content (AvgIpc) is 2.76. The molecule has 1 nitrogen and oxygen atoms in total. The van der Waals surface area contributed by atoms with Gasteiger partial charge < -0.3 is 5.32 Å². The van der Waals surface area contributed by atoms with Crippen molar-refractivity contribution in [2.45, 2.75) is 85.6 Å². The van der Waals surface area contributed by atoms with Gasteiger partial charge in [-0.05, 0) is 63.3 Å². The lowest BCUT2D eigenvalue weighted by Gasteiger charge is -2.38. The van der Waals surface area contributed by atoms with Gasteiger partial charge in [-0.2, -0.15) is 0 Å². The second-order valence-corrected chi connectivity index (χ2v) is 7.62. The minimum atomic E-state index is 0.405. The summed E-state index contributed by atoms with van der Waals surface area (Å²) in [4.78, 5) is 0. The zero-order valence-electron chi connectivity index (χ0n) is 15.3. The summed E-state index contributed by atoms with van der Waals surface area (Å²) >= 11 is 0. The van der Waals surface area contributed by atoms with E-state index in [1.165, 1.54) is 45.1 Å². The van der Waals surface area contributed by atoms with Crippen LogP contribution in [0.4, 0.5) is 0 Å². The van der Waals surface area contributed by atoms with Crippen LogP contribution >= 0.6 is 0 Å². The van der Waals surface area contributed by atoms with E-state index in [4.69, 9.17) is 0 Å². The van der Waals surface area contributed by atoms with Crippen molar-refractivity contribution in [3.63, 3.8) is 0 Å². The molecule has 4 unspecified atom stereocenters. The van der Waals surface area contributed by atoms with Gasteiger partial charge in [-0.25, -0.2) is 0 Å². The van der Waals surface area contributed by atoms with Crippen LogP contribution in [0.25, 0.3) is 0 Å². The molecule has 0 aromatic carbocycles. The normalized spacial score (nSPS) is 30.2. The van der Waals surface area contributed by atoms with E-state index in [0.717, 1.165) is 17.8 Å². The zero-order valence-corrected chi connectivity index (χ0v) is 15.3. The van der Waals surface area contributed by atoms with Crippen LogP contribution in [0.3, 0.4) is 0 Å². The van der Waals surface area contributed by atoms with Gasteiger partial charge in [0.05, 0.1) is 0 Å². The topological polar surface area (TPSA) is 12.0 Å². The van der Waals surface area contributed by atoms with E-state index in [2.05, 4.69) is 51.8 Å². The van der Waals surface area contributed by atoms with Crippen LogP contribution in [0.15, 0.2) is 0 Å². The Morgan fingerprint density at radius 2 is 1.95 bits per heavy atom. The average molecular weight is 292 g/mol. The fraction of sp³-hybridized carbons (Fsp3) is 0.900. The van der Waals surface area contributed by atoms with E-state index in [-0.39, 0.29) is 0 Å². The van der Waals surface area contributed by atoms with Crippen molar-refractivity contribution in [2.75, 3.05) is 6.54 Å². The van der Waals surface area contributed by atoms with Crippen molar-refractivity contribution < 1.29 is 0 Å². The molecule has 0 amide bonds. The molecule has 122 valence electrons. The van der Waals surface area contributed by atoms with Crippen LogP contribution in [-0.4, -0.2) is 12.1 Å². The third-order valence-electron chi connectivity index (χ3n) is 5.45. The van der Waals surface area contributed by atoms with Gasteiger partial charge in [0.2, 0.25) is 0 Å². The first-order chi connectivity index (χ1) is 9.95. The van der Waals surface area contributed by atoms with Crippen LogP contribution in [0.2, 0.25) is 0 Å². The molecule has 4 atom stereocenters. The summed E-state index contributed by atoms with van der Waals surface area (Å²) in [7, 11) is 0. The quantitative estimate of drug-likeness (QED) is 0.475. The van der Waals surface area contributed by atoms with Crippen molar-refractivity contribution in [1.82, 2.24) is 5.32 Å². The van der Waals surface area contributed by atoms with Crippen LogP contribution in [-0.2, 0) is 0 Å². The lowest BCUT2D eigenvalue weighted by Crippen LogP contribution is -2.49. The summed E-state index contributed by atoms with van der Waals surface area (Å²) in [5, 5.41) is 3.98. The fourth-order valence-corrected chi connectivity index (χ4v) is 4.39. The van der Waals surface area contributed by atoms with Crippen LogP contribution in [0, 0.1) is 35.5 Å². The van der Waals surface area contributed by atoms with Crippen molar-refractivity contribution >= 4 is 0 Å². The first kappa shape index (κ1) is 18.6. The minimum Gasteiger partial charge on any atom is -0.311 e. The summed E-state index contributed by atoms with van der Waals surface area (Å²) in [6.07, 6.45) is 7.87. The van der Waals surface area contributed by atoms with Gasteiger partial charge in [-0.1, -0.05) is 41.0 Å². The highest BCUT2D eigenvalue weighted by Gasteiger charge is 2.45. The van der Waals surface area contributed by atoms with Crippen molar-refractivity contribution in [1.29, 1.82) is 0 Å². The van der Waals surface area contributed by atoms with Gasteiger partial charge in [-0.15, -0.1) is 11.8 Å². The van der Waals surface area contributed by atoms with E-state index in [9.17, 15) is 0 Å². The Hall–Kier alpha value is -0.480. The molecule has 0 aromatic heterocycles. The first-order valence-corrected chi connectivity index (χ1v) is 9.12.